The van der Waals surface area contributed by atoms with Crippen LogP contribution in [0.1, 0.15) is 75.8 Å². The predicted octanol–water partition coefficient (Wildman–Crippen LogP) is 3.72. The lowest BCUT2D eigenvalue weighted by molar-refractivity contribution is 0.0702. The monoisotopic (exact) mass is 375 g/mol. The molecule has 1 N–H and O–H groups in total. The first kappa shape index (κ1) is 18.6. The molecule has 0 saturated carbocycles. The number of carbonyl (C=O) groups is 2. The lowest BCUT2D eigenvalue weighted by Gasteiger charge is -2.23. The van der Waals surface area contributed by atoms with Crippen molar-refractivity contribution in [2.24, 2.45) is 0 Å². The number of rotatable bonds is 6. The molecular weight excluding hydrogens is 350 g/mol. The summed E-state index contributed by atoms with van der Waals surface area (Å²) in [4.78, 5) is 33.0. The van der Waals surface area contributed by atoms with Crippen LogP contribution in [0.15, 0.2) is 16.5 Å². The molecule has 0 spiro atoms. The van der Waals surface area contributed by atoms with E-state index in [9.17, 15) is 9.59 Å². The van der Waals surface area contributed by atoms with Gasteiger partial charge < -0.3 is 14.6 Å². The maximum atomic E-state index is 13.0. The highest BCUT2D eigenvalue weighted by Gasteiger charge is 2.34. The molecule has 26 heavy (non-hydrogen) atoms. The van der Waals surface area contributed by atoms with Crippen molar-refractivity contribution in [3.8, 4) is 0 Å². The maximum absolute atomic E-state index is 13.0. The Balaban J connectivity index is 1.78. The maximum Gasteiger partial charge on any atom is 0.292 e. The fourth-order valence-electron chi connectivity index (χ4n) is 3.22. The normalized spacial score (nSPS) is 16.9. The molecule has 6 nitrogen and oxygen atoms in total. The first-order valence-electron chi connectivity index (χ1n) is 9.20. The van der Waals surface area contributed by atoms with Gasteiger partial charge in [-0.05, 0) is 38.3 Å². The molecule has 3 rings (SSSR count). The van der Waals surface area contributed by atoms with Crippen LogP contribution in [0.3, 0.4) is 0 Å². The van der Waals surface area contributed by atoms with Crippen molar-refractivity contribution in [3.63, 3.8) is 0 Å². The number of oxazole rings is 1. The third-order valence-electron chi connectivity index (χ3n) is 4.57. The summed E-state index contributed by atoms with van der Waals surface area (Å²) in [5.74, 6) is 0.777. The summed E-state index contributed by atoms with van der Waals surface area (Å²) in [5, 5.41) is 2.90. The zero-order chi connectivity index (χ0) is 18.7. The molecule has 2 amide bonds. The van der Waals surface area contributed by atoms with Crippen molar-refractivity contribution in [2.45, 2.75) is 52.5 Å². The Kier molecular flexibility index (Phi) is 5.76. The molecule has 0 radical (unpaired) electrons. The van der Waals surface area contributed by atoms with E-state index in [4.69, 9.17) is 4.42 Å². The molecule has 1 aliphatic rings. The second kappa shape index (κ2) is 8.03. The molecule has 1 atom stereocenters. The summed E-state index contributed by atoms with van der Waals surface area (Å²) in [6, 6.07) is 3.81. The number of carbonyl (C=O) groups excluding carboxylic acids is 2. The van der Waals surface area contributed by atoms with Crippen LogP contribution in [0.5, 0.6) is 0 Å². The molecular formula is C19H25N3O3S. The number of thiophene rings is 1. The Morgan fingerprint density at radius 2 is 2.19 bits per heavy atom. The van der Waals surface area contributed by atoms with E-state index in [2.05, 4.69) is 10.3 Å². The van der Waals surface area contributed by atoms with Gasteiger partial charge in [0.1, 0.15) is 0 Å². The first-order valence-corrected chi connectivity index (χ1v) is 10.0. The molecule has 2 aromatic heterocycles. The summed E-state index contributed by atoms with van der Waals surface area (Å²) in [6.45, 7) is 7.15. The Morgan fingerprint density at radius 1 is 1.38 bits per heavy atom. The van der Waals surface area contributed by atoms with Crippen LogP contribution < -0.4 is 5.32 Å². The van der Waals surface area contributed by atoms with E-state index in [-0.39, 0.29) is 17.9 Å². The van der Waals surface area contributed by atoms with Crippen molar-refractivity contribution >= 4 is 23.2 Å². The molecule has 2 aromatic rings. The SMILES string of the molecule is CCCNC(=O)c1ccc(C2CCCN2C(=O)c2oc(CC)nc2C)s1. The third-order valence-corrected chi connectivity index (χ3v) is 5.75. The van der Waals surface area contributed by atoms with Gasteiger partial charge in [-0.25, -0.2) is 4.98 Å². The number of nitrogens with one attached hydrogen (secondary N) is 1. The Hall–Kier alpha value is -2.15. The predicted molar refractivity (Wildman–Crippen MR) is 101 cm³/mol. The van der Waals surface area contributed by atoms with Gasteiger partial charge in [0.15, 0.2) is 5.89 Å². The Labute approximate surface area is 157 Å². The van der Waals surface area contributed by atoms with Gasteiger partial charge in [-0.1, -0.05) is 13.8 Å². The molecule has 1 fully saturated rings. The van der Waals surface area contributed by atoms with Gasteiger partial charge in [-0.3, -0.25) is 9.59 Å². The number of amides is 2. The highest BCUT2D eigenvalue weighted by atomic mass is 32.1. The number of aromatic nitrogens is 1. The van der Waals surface area contributed by atoms with Crippen LogP contribution in [0.4, 0.5) is 0 Å². The first-order chi connectivity index (χ1) is 12.5. The van der Waals surface area contributed by atoms with E-state index in [1.165, 1.54) is 11.3 Å². The van der Waals surface area contributed by atoms with E-state index in [0.29, 0.717) is 41.7 Å². The van der Waals surface area contributed by atoms with Gasteiger partial charge in [0.2, 0.25) is 5.76 Å². The summed E-state index contributed by atoms with van der Waals surface area (Å²) < 4.78 is 5.65. The smallest absolute Gasteiger partial charge is 0.292 e. The quantitative estimate of drug-likeness (QED) is 0.835. The minimum Gasteiger partial charge on any atom is -0.435 e. The standard InChI is InChI=1S/C19H25N3O3S/c1-4-10-20-18(23)15-9-8-14(26-15)13-7-6-11-22(13)19(24)17-12(3)21-16(5-2)25-17/h8-9,13H,4-7,10-11H2,1-3H3,(H,20,23). The number of aryl methyl sites for hydroxylation is 2. The molecule has 1 unspecified atom stereocenters. The minimum absolute atomic E-state index is 0.00481. The highest BCUT2D eigenvalue weighted by molar-refractivity contribution is 7.14. The van der Waals surface area contributed by atoms with E-state index in [1.807, 2.05) is 37.8 Å². The molecule has 140 valence electrons. The zero-order valence-electron chi connectivity index (χ0n) is 15.5. The molecule has 1 saturated heterocycles. The summed E-state index contributed by atoms with van der Waals surface area (Å²) in [6.07, 6.45) is 3.42. The van der Waals surface area contributed by atoms with Crippen LogP contribution in [-0.4, -0.2) is 34.8 Å². The van der Waals surface area contributed by atoms with E-state index < -0.39 is 0 Å². The van der Waals surface area contributed by atoms with Crippen molar-refractivity contribution in [2.75, 3.05) is 13.1 Å². The fraction of sp³-hybridized carbons (Fsp3) is 0.526. The average molecular weight is 375 g/mol. The summed E-state index contributed by atoms with van der Waals surface area (Å²) in [5.41, 5.74) is 0.642. The number of hydrogen-bond donors (Lipinski definition) is 1. The molecule has 0 aromatic carbocycles. The highest BCUT2D eigenvalue weighted by Crippen LogP contribution is 2.37. The van der Waals surface area contributed by atoms with Crippen LogP contribution >= 0.6 is 11.3 Å². The van der Waals surface area contributed by atoms with Gasteiger partial charge in [-0.2, -0.15) is 0 Å². The molecule has 0 bridgehead atoms. The topological polar surface area (TPSA) is 75.4 Å². The lowest BCUT2D eigenvalue weighted by Crippen LogP contribution is -2.30. The van der Waals surface area contributed by atoms with Crippen molar-refractivity contribution in [3.05, 3.63) is 39.2 Å². The van der Waals surface area contributed by atoms with Crippen molar-refractivity contribution < 1.29 is 14.0 Å². The van der Waals surface area contributed by atoms with E-state index in [1.54, 1.807) is 0 Å². The van der Waals surface area contributed by atoms with Crippen LogP contribution in [0.2, 0.25) is 0 Å². The second-order valence-corrected chi connectivity index (χ2v) is 7.61. The van der Waals surface area contributed by atoms with Gasteiger partial charge in [0.05, 0.1) is 16.6 Å². The second-order valence-electron chi connectivity index (χ2n) is 6.49. The van der Waals surface area contributed by atoms with Crippen molar-refractivity contribution in [1.82, 2.24) is 15.2 Å². The molecule has 7 heteroatoms. The lowest BCUT2D eigenvalue weighted by atomic mass is 10.2. The fourth-order valence-corrected chi connectivity index (χ4v) is 4.29. The average Bonchev–Trinajstić information content (AvgIpc) is 3.37. The van der Waals surface area contributed by atoms with Gasteiger partial charge in [0, 0.05) is 24.4 Å². The minimum atomic E-state index is -0.109. The Bertz CT molecular complexity index is 796. The number of nitrogens with zero attached hydrogens (tertiary/aromatic N) is 2. The van der Waals surface area contributed by atoms with E-state index in [0.717, 1.165) is 24.1 Å². The number of hydrogen-bond acceptors (Lipinski definition) is 5. The summed E-state index contributed by atoms with van der Waals surface area (Å²) >= 11 is 1.47. The van der Waals surface area contributed by atoms with Gasteiger partial charge in [-0.15, -0.1) is 11.3 Å². The van der Waals surface area contributed by atoms with Crippen LogP contribution in [-0.2, 0) is 6.42 Å². The molecule has 1 aliphatic heterocycles. The van der Waals surface area contributed by atoms with Crippen molar-refractivity contribution in [1.29, 1.82) is 0 Å². The zero-order valence-corrected chi connectivity index (χ0v) is 16.3. The largest absolute Gasteiger partial charge is 0.435 e. The third kappa shape index (κ3) is 3.67. The number of likely N-dealkylation sites (tertiary alicyclic amines) is 1. The molecule has 0 aliphatic carbocycles. The van der Waals surface area contributed by atoms with Gasteiger partial charge in [0.25, 0.3) is 11.8 Å². The molecule has 3 heterocycles. The van der Waals surface area contributed by atoms with Crippen LogP contribution in [0.25, 0.3) is 0 Å². The van der Waals surface area contributed by atoms with Crippen LogP contribution in [0, 0.1) is 6.92 Å². The van der Waals surface area contributed by atoms with E-state index >= 15 is 0 Å². The Morgan fingerprint density at radius 3 is 2.88 bits per heavy atom. The van der Waals surface area contributed by atoms with Gasteiger partial charge >= 0.3 is 0 Å². The summed E-state index contributed by atoms with van der Waals surface area (Å²) in [7, 11) is 0.